The number of carbonyl (C=O) groups excluding carboxylic acids is 1. The molecule has 0 saturated carbocycles. The second kappa shape index (κ2) is 11.8. The molecule has 0 aromatic heterocycles. The number of alkyl halides is 6. The zero-order valence-corrected chi connectivity index (χ0v) is 20.9. The predicted molar refractivity (Wildman–Crippen MR) is 132 cm³/mol. The summed E-state index contributed by atoms with van der Waals surface area (Å²) in [7, 11) is 1.29. The van der Waals surface area contributed by atoms with Crippen LogP contribution < -0.4 is 10.1 Å². The van der Waals surface area contributed by atoms with Gasteiger partial charge in [-0.05, 0) is 71.0 Å². The summed E-state index contributed by atoms with van der Waals surface area (Å²) in [5, 5.41) is 3.18. The average molecular weight is 540 g/mol. The topological polar surface area (TPSA) is 47.6 Å². The van der Waals surface area contributed by atoms with Crippen molar-refractivity contribution >= 4 is 11.7 Å². The third kappa shape index (κ3) is 8.16. The van der Waals surface area contributed by atoms with Crippen LogP contribution in [0, 0.1) is 5.92 Å². The summed E-state index contributed by atoms with van der Waals surface area (Å²) in [4.78, 5) is 12.6. The quantitative estimate of drug-likeness (QED) is 0.220. The number of ether oxygens (including phenoxy) is 2. The highest BCUT2D eigenvalue weighted by Crippen LogP contribution is 2.35. The van der Waals surface area contributed by atoms with Crippen LogP contribution in [0.15, 0.2) is 66.7 Å². The minimum atomic E-state index is -4.79. The SMILES string of the molecule is COC(=O)[C@H](CC(C)C)c1cc(NCc2ccc(OC(F)(F)F)cc2)cc(-c2ccc(C(F)(F)F)cc2)c1. The summed E-state index contributed by atoms with van der Waals surface area (Å²) in [6.07, 6.45) is -8.77. The highest BCUT2D eigenvalue weighted by Gasteiger charge is 2.31. The standard InChI is InChI=1S/C28H27F6NO3/c1-17(2)12-25(26(36)37-3)21-13-20(19-6-8-22(9-7-19)27(29,30)31)14-23(15-21)35-16-18-4-10-24(11-5-18)38-28(32,33)34/h4-11,13-15,17,25,35H,12,16H2,1-3H3/t25-/m1/s1. The third-order valence-electron chi connectivity index (χ3n) is 5.75. The Morgan fingerprint density at radius 3 is 2.03 bits per heavy atom. The summed E-state index contributed by atoms with van der Waals surface area (Å²) < 4.78 is 85.3. The van der Waals surface area contributed by atoms with Crippen molar-refractivity contribution in [2.45, 2.75) is 45.3 Å². The molecule has 1 N–H and O–H groups in total. The van der Waals surface area contributed by atoms with Gasteiger partial charge in [-0.2, -0.15) is 13.2 Å². The number of hydrogen-bond acceptors (Lipinski definition) is 4. The molecule has 3 aromatic rings. The lowest BCUT2D eigenvalue weighted by molar-refractivity contribution is -0.274. The Kier molecular flexibility index (Phi) is 8.96. The van der Waals surface area contributed by atoms with Gasteiger partial charge in [0, 0.05) is 12.2 Å². The zero-order chi connectivity index (χ0) is 28.1. The van der Waals surface area contributed by atoms with Crippen LogP contribution in [0.5, 0.6) is 5.75 Å². The van der Waals surface area contributed by atoms with Crippen LogP contribution in [0.3, 0.4) is 0 Å². The highest BCUT2D eigenvalue weighted by atomic mass is 19.4. The summed E-state index contributed by atoms with van der Waals surface area (Å²) in [6, 6.07) is 15.3. The zero-order valence-electron chi connectivity index (χ0n) is 20.9. The molecule has 0 spiro atoms. The molecule has 1 atom stereocenters. The van der Waals surface area contributed by atoms with Crippen LogP contribution in [0.1, 0.15) is 42.9 Å². The molecule has 3 aromatic carbocycles. The Morgan fingerprint density at radius 2 is 1.50 bits per heavy atom. The van der Waals surface area contributed by atoms with E-state index in [2.05, 4.69) is 10.1 Å². The lowest BCUT2D eigenvalue weighted by Gasteiger charge is -2.20. The number of carbonyl (C=O) groups is 1. The Balaban J connectivity index is 1.94. The van der Waals surface area contributed by atoms with Crippen LogP contribution in [-0.4, -0.2) is 19.4 Å². The lowest BCUT2D eigenvalue weighted by atomic mass is 9.88. The molecular formula is C28H27F6NO3. The summed E-state index contributed by atoms with van der Waals surface area (Å²) >= 11 is 0. The Morgan fingerprint density at radius 1 is 0.868 bits per heavy atom. The van der Waals surface area contributed by atoms with Gasteiger partial charge < -0.3 is 14.8 Å². The van der Waals surface area contributed by atoms with E-state index >= 15 is 0 Å². The van der Waals surface area contributed by atoms with Gasteiger partial charge in [-0.1, -0.05) is 44.2 Å². The molecule has 0 saturated heterocycles. The van der Waals surface area contributed by atoms with Gasteiger partial charge in [0.1, 0.15) is 5.75 Å². The molecule has 0 aliphatic rings. The molecule has 204 valence electrons. The van der Waals surface area contributed by atoms with Crippen LogP contribution >= 0.6 is 0 Å². The first-order chi connectivity index (χ1) is 17.7. The van der Waals surface area contributed by atoms with Gasteiger partial charge in [-0.3, -0.25) is 4.79 Å². The maximum atomic E-state index is 13.0. The first-order valence-electron chi connectivity index (χ1n) is 11.7. The second-order valence-corrected chi connectivity index (χ2v) is 9.17. The van der Waals surface area contributed by atoms with Crippen LogP contribution in [0.25, 0.3) is 11.1 Å². The first-order valence-corrected chi connectivity index (χ1v) is 11.7. The van der Waals surface area contributed by atoms with E-state index in [1.165, 1.54) is 43.5 Å². The molecule has 0 aliphatic heterocycles. The van der Waals surface area contributed by atoms with Crippen molar-refractivity contribution in [1.82, 2.24) is 0 Å². The minimum Gasteiger partial charge on any atom is -0.469 e. The lowest BCUT2D eigenvalue weighted by Crippen LogP contribution is -2.17. The molecule has 0 bridgehead atoms. The van der Waals surface area contributed by atoms with E-state index in [1.807, 2.05) is 13.8 Å². The fourth-order valence-electron chi connectivity index (χ4n) is 3.97. The molecule has 0 heterocycles. The van der Waals surface area contributed by atoms with Gasteiger partial charge in [0.15, 0.2) is 0 Å². The molecule has 0 fully saturated rings. The van der Waals surface area contributed by atoms with Crippen molar-refractivity contribution in [2.75, 3.05) is 12.4 Å². The smallest absolute Gasteiger partial charge is 0.469 e. The average Bonchev–Trinajstić information content (AvgIpc) is 2.85. The predicted octanol–water partition coefficient (Wildman–Crippen LogP) is 8.19. The number of esters is 1. The fourth-order valence-corrected chi connectivity index (χ4v) is 3.97. The van der Waals surface area contributed by atoms with Crippen molar-refractivity contribution in [3.05, 3.63) is 83.4 Å². The molecule has 0 unspecified atom stereocenters. The van der Waals surface area contributed by atoms with Crippen molar-refractivity contribution in [3.8, 4) is 16.9 Å². The molecule has 3 rings (SSSR count). The number of hydrogen-bond donors (Lipinski definition) is 1. The maximum Gasteiger partial charge on any atom is 0.573 e. The summed E-state index contributed by atoms with van der Waals surface area (Å²) in [5.74, 6) is -1.23. The van der Waals surface area contributed by atoms with Crippen molar-refractivity contribution < 1.29 is 40.6 Å². The van der Waals surface area contributed by atoms with Crippen LogP contribution in [-0.2, 0) is 22.3 Å². The van der Waals surface area contributed by atoms with Gasteiger partial charge in [0.05, 0.1) is 18.6 Å². The molecule has 10 heteroatoms. The van der Waals surface area contributed by atoms with Gasteiger partial charge in [0.2, 0.25) is 0 Å². The van der Waals surface area contributed by atoms with E-state index in [9.17, 15) is 31.1 Å². The number of halogens is 6. The Hall–Kier alpha value is -3.69. The minimum absolute atomic E-state index is 0.155. The van der Waals surface area contributed by atoms with Gasteiger partial charge >= 0.3 is 18.5 Å². The van der Waals surface area contributed by atoms with Gasteiger partial charge in [-0.25, -0.2) is 0 Å². The number of nitrogens with one attached hydrogen (secondary N) is 1. The molecule has 0 aliphatic carbocycles. The maximum absolute atomic E-state index is 13.0. The van der Waals surface area contributed by atoms with Crippen LogP contribution in [0.4, 0.5) is 32.0 Å². The molecular weight excluding hydrogens is 512 g/mol. The normalized spacial score (nSPS) is 12.8. The van der Waals surface area contributed by atoms with E-state index in [-0.39, 0.29) is 18.2 Å². The van der Waals surface area contributed by atoms with E-state index in [0.717, 1.165) is 12.1 Å². The van der Waals surface area contributed by atoms with Crippen molar-refractivity contribution in [3.63, 3.8) is 0 Å². The molecule has 0 amide bonds. The molecule has 0 radical (unpaired) electrons. The van der Waals surface area contributed by atoms with E-state index < -0.39 is 30.0 Å². The summed E-state index contributed by atoms with van der Waals surface area (Å²) in [5.41, 5.74) is 2.19. The Labute approximate surface area is 216 Å². The van der Waals surface area contributed by atoms with Crippen molar-refractivity contribution in [2.24, 2.45) is 5.92 Å². The number of benzene rings is 3. The summed E-state index contributed by atoms with van der Waals surface area (Å²) in [6.45, 7) is 4.15. The van der Waals surface area contributed by atoms with Gasteiger partial charge in [0.25, 0.3) is 0 Å². The second-order valence-electron chi connectivity index (χ2n) is 9.17. The van der Waals surface area contributed by atoms with Crippen LogP contribution in [0.2, 0.25) is 0 Å². The number of anilines is 1. The van der Waals surface area contributed by atoms with Crippen molar-refractivity contribution in [1.29, 1.82) is 0 Å². The molecule has 38 heavy (non-hydrogen) atoms. The van der Waals surface area contributed by atoms with E-state index in [4.69, 9.17) is 4.74 Å². The third-order valence-corrected chi connectivity index (χ3v) is 5.75. The number of methoxy groups -OCH3 is 1. The molecule has 4 nitrogen and oxygen atoms in total. The number of rotatable bonds is 9. The largest absolute Gasteiger partial charge is 0.573 e. The van der Waals surface area contributed by atoms with E-state index in [0.29, 0.717) is 34.4 Å². The monoisotopic (exact) mass is 539 g/mol. The van der Waals surface area contributed by atoms with E-state index in [1.54, 1.807) is 18.2 Å². The highest BCUT2D eigenvalue weighted by molar-refractivity contribution is 5.80. The first kappa shape index (κ1) is 28.9. The van der Waals surface area contributed by atoms with Gasteiger partial charge in [-0.15, -0.1) is 13.2 Å². The Bertz CT molecular complexity index is 1220. The fraction of sp³-hybridized carbons (Fsp3) is 0.321.